The minimum absolute atomic E-state index is 0.328. The molecule has 0 spiro atoms. The summed E-state index contributed by atoms with van der Waals surface area (Å²) in [7, 11) is 1.61. The van der Waals surface area contributed by atoms with Crippen LogP contribution in [0.1, 0.15) is 0 Å². The van der Waals surface area contributed by atoms with Gasteiger partial charge in [-0.25, -0.2) is 9.07 Å². The number of hydrogen-bond acceptors (Lipinski definition) is 3. The van der Waals surface area contributed by atoms with Crippen LogP contribution in [0.3, 0.4) is 0 Å². The molecule has 2 aromatic carbocycles. The second-order valence-electron chi connectivity index (χ2n) is 4.58. The summed E-state index contributed by atoms with van der Waals surface area (Å²) in [5.74, 6) is 0.857. The molecule has 0 amide bonds. The van der Waals surface area contributed by atoms with Gasteiger partial charge in [0.05, 0.1) is 18.5 Å². The summed E-state index contributed by atoms with van der Waals surface area (Å²) in [4.78, 5) is 0. The first kappa shape index (κ1) is 13.2. The highest BCUT2D eigenvalue weighted by Crippen LogP contribution is 2.26. The molecule has 1 aromatic heterocycles. The van der Waals surface area contributed by atoms with Crippen molar-refractivity contribution in [3.05, 3.63) is 60.4 Å². The van der Waals surface area contributed by atoms with E-state index in [0.29, 0.717) is 17.2 Å². The summed E-state index contributed by atoms with van der Waals surface area (Å²) in [5, 5.41) is 4.44. The number of aromatic nitrogens is 2. The first-order chi connectivity index (χ1) is 10.2. The van der Waals surface area contributed by atoms with Gasteiger partial charge in [-0.3, -0.25) is 0 Å². The Kier molecular flexibility index (Phi) is 3.31. The van der Waals surface area contributed by atoms with E-state index in [1.165, 1.54) is 16.8 Å². The third-order valence-corrected chi connectivity index (χ3v) is 3.16. The SMILES string of the molecule is COc1cccc(-c2cc(N)n(-c3cccc(F)c3)n2)c1. The van der Waals surface area contributed by atoms with Crippen LogP contribution in [0.4, 0.5) is 10.2 Å². The molecule has 1 heterocycles. The lowest BCUT2D eigenvalue weighted by Crippen LogP contribution is -2.01. The Labute approximate surface area is 121 Å². The van der Waals surface area contributed by atoms with Crippen LogP contribution in [0.5, 0.6) is 5.75 Å². The lowest BCUT2D eigenvalue weighted by molar-refractivity contribution is 0.415. The first-order valence-electron chi connectivity index (χ1n) is 6.43. The van der Waals surface area contributed by atoms with E-state index < -0.39 is 0 Å². The molecule has 0 saturated heterocycles. The van der Waals surface area contributed by atoms with E-state index in [-0.39, 0.29) is 5.82 Å². The molecule has 21 heavy (non-hydrogen) atoms. The van der Waals surface area contributed by atoms with Gasteiger partial charge in [0.2, 0.25) is 0 Å². The molecule has 5 heteroatoms. The van der Waals surface area contributed by atoms with Crippen molar-refractivity contribution >= 4 is 5.82 Å². The van der Waals surface area contributed by atoms with Gasteiger partial charge in [-0.1, -0.05) is 18.2 Å². The maximum atomic E-state index is 13.3. The lowest BCUT2D eigenvalue weighted by Gasteiger charge is -2.04. The Morgan fingerprint density at radius 2 is 1.90 bits per heavy atom. The summed E-state index contributed by atoms with van der Waals surface area (Å²) >= 11 is 0. The minimum atomic E-state index is -0.328. The van der Waals surface area contributed by atoms with Crippen molar-refractivity contribution < 1.29 is 9.13 Å². The van der Waals surface area contributed by atoms with Crippen LogP contribution in [-0.4, -0.2) is 16.9 Å². The molecule has 0 radical (unpaired) electrons. The van der Waals surface area contributed by atoms with E-state index >= 15 is 0 Å². The largest absolute Gasteiger partial charge is 0.497 e. The van der Waals surface area contributed by atoms with Gasteiger partial charge in [-0.05, 0) is 30.3 Å². The van der Waals surface area contributed by atoms with Crippen LogP contribution in [-0.2, 0) is 0 Å². The zero-order valence-corrected chi connectivity index (χ0v) is 11.5. The Hall–Kier alpha value is -2.82. The minimum Gasteiger partial charge on any atom is -0.497 e. The number of nitrogen functional groups attached to an aromatic ring is 1. The number of hydrogen-bond donors (Lipinski definition) is 1. The van der Waals surface area contributed by atoms with E-state index in [1.807, 2.05) is 24.3 Å². The average molecular weight is 283 g/mol. The molecular weight excluding hydrogens is 269 g/mol. The number of anilines is 1. The summed E-state index contributed by atoms with van der Waals surface area (Å²) in [5.41, 5.74) is 8.15. The fraction of sp³-hybridized carbons (Fsp3) is 0.0625. The molecule has 0 aliphatic rings. The summed E-state index contributed by atoms with van der Waals surface area (Å²) in [6.07, 6.45) is 0. The van der Waals surface area contributed by atoms with E-state index in [4.69, 9.17) is 10.5 Å². The van der Waals surface area contributed by atoms with Gasteiger partial charge in [0, 0.05) is 11.6 Å². The molecule has 0 fully saturated rings. The van der Waals surface area contributed by atoms with Crippen molar-refractivity contribution in [1.29, 1.82) is 0 Å². The molecule has 106 valence electrons. The van der Waals surface area contributed by atoms with Crippen molar-refractivity contribution in [3.8, 4) is 22.7 Å². The predicted molar refractivity (Wildman–Crippen MR) is 79.9 cm³/mol. The smallest absolute Gasteiger partial charge is 0.127 e. The molecule has 0 aliphatic heterocycles. The van der Waals surface area contributed by atoms with Crippen LogP contribution in [0.2, 0.25) is 0 Å². The van der Waals surface area contributed by atoms with Gasteiger partial charge < -0.3 is 10.5 Å². The van der Waals surface area contributed by atoms with Gasteiger partial charge in [-0.15, -0.1) is 0 Å². The van der Waals surface area contributed by atoms with Crippen LogP contribution in [0.15, 0.2) is 54.6 Å². The molecule has 0 bridgehead atoms. The third kappa shape index (κ3) is 2.58. The summed E-state index contributed by atoms with van der Waals surface area (Å²) in [6, 6.07) is 15.4. The highest BCUT2D eigenvalue weighted by Gasteiger charge is 2.10. The highest BCUT2D eigenvalue weighted by atomic mass is 19.1. The monoisotopic (exact) mass is 283 g/mol. The molecule has 0 unspecified atom stereocenters. The van der Waals surface area contributed by atoms with E-state index in [0.717, 1.165) is 11.3 Å². The molecule has 0 saturated carbocycles. The van der Waals surface area contributed by atoms with Gasteiger partial charge in [0.15, 0.2) is 0 Å². The van der Waals surface area contributed by atoms with Gasteiger partial charge in [-0.2, -0.15) is 5.10 Å². The summed E-state index contributed by atoms with van der Waals surface area (Å²) < 4.78 is 20.0. The van der Waals surface area contributed by atoms with E-state index in [2.05, 4.69) is 5.10 Å². The van der Waals surface area contributed by atoms with Crippen molar-refractivity contribution in [1.82, 2.24) is 9.78 Å². The average Bonchev–Trinajstić information content (AvgIpc) is 2.89. The van der Waals surface area contributed by atoms with Crippen LogP contribution in [0, 0.1) is 5.82 Å². The molecule has 4 nitrogen and oxygen atoms in total. The normalized spacial score (nSPS) is 10.6. The quantitative estimate of drug-likeness (QED) is 0.802. The zero-order valence-electron chi connectivity index (χ0n) is 11.5. The summed E-state index contributed by atoms with van der Waals surface area (Å²) in [6.45, 7) is 0. The lowest BCUT2D eigenvalue weighted by atomic mass is 10.1. The number of nitrogens with two attached hydrogens (primary N) is 1. The number of halogens is 1. The second kappa shape index (κ2) is 5.28. The Balaban J connectivity index is 2.05. The molecule has 2 N–H and O–H groups in total. The van der Waals surface area contributed by atoms with Crippen LogP contribution >= 0.6 is 0 Å². The number of nitrogens with zero attached hydrogens (tertiary/aromatic N) is 2. The van der Waals surface area contributed by atoms with Gasteiger partial charge in [0.1, 0.15) is 17.4 Å². The van der Waals surface area contributed by atoms with Crippen molar-refractivity contribution in [2.45, 2.75) is 0 Å². The molecular formula is C16H14FN3O. The molecule has 0 atom stereocenters. The van der Waals surface area contributed by atoms with Crippen molar-refractivity contribution in [3.63, 3.8) is 0 Å². The molecule has 0 aliphatic carbocycles. The highest BCUT2D eigenvalue weighted by molar-refractivity contribution is 5.65. The topological polar surface area (TPSA) is 53.1 Å². The second-order valence-corrected chi connectivity index (χ2v) is 4.58. The van der Waals surface area contributed by atoms with Gasteiger partial charge in [0.25, 0.3) is 0 Å². The standard InChI is InChI=1S/C16H14FN3O/c1-21-14-7-2-4-11(8-14)15-10-16(18)20(19-15)13-6-3-5-12(17)9-13/h2-10H,18H2,1H3. The number of ether oxygens (including phenoxy) is 1. The molecule has 3 aromatic rings. The van der Waals surface area contributed by atoms with Crippen LogP contribution in [0.25, 0.3) is 16.9 Å². The predicted octanol–water partition coefficient (Wildman–Crippen LogP) is 3.27. The van der Waals surface area contributed by atoms with E-state index in [9.17, 15) is 4.39 Å². The Bertz CT molecular complexity index is 783. The fourth-order valence-corrected chi connectivity index (χ4v) is 2.13. The Morgan fingerprint density at radius 1 is 1.10 bits per heavy atom. The fourth-order valence-electron chi connectivity index (χ4n) is 2.13. The van der Waals surface area contributed by atoms with Gasteiger partial charge >= 0.3 is 0 Å². The number of benzene rings is 2. The maximum Gasteiger partial charge on any atom is 0.127 e. The first-order valence-corrected chi connectivity index (χ1v) is 6.43. The van der Waals surface area contributed by atoms with Crippen molar-refractivity contribution in [2.75, 3.05) is 12.8 Å². The zero-order chi connectivity index (χ0) is 14.8. The molecule has 3 rings (SSSR count). The Morgan fingerprint density at radius 3 is 2.67 bits per heavy atom. The number of rotatable bonds is 3. The maximum absolute atomic E-state index is 13.3. The van der Waals surface area contributed by atoms with Crippen molar-refractivity contribution in [2.24, 2.45) is 0 Å². The third-order valence-electron chi connectivity index (χ3n) is 3.16. The van der Waals surface area contributed by atoms with E-state index in [1.54, 1.807) is 25.3 Å². The number of methoxy groups -OCH3 is 1. The van der Waals surface area contributed by atoms with Crippen LogP contribution < -0.4 is 10.5 Å².